The number of fused-ring (bicyclic) bond motifs is 2. The van der Waals surface area contributed by atoms with Gasteiger partial charge in [0.1, 0.15) is 34.3 Å². The lowest BCUT2D eigenvalue weighted by Crippen LogP contribution is -2.38. The van der Waals surface area contributed by atoms with Gasteiger partial charge >= 0.3 is 0 Å². The van der Waals surface area contributed by atoms with Gasteiger partial charge in [-0.25, -0.2) is 0 Å². The lowest BCUT2D eigenvalue weighted by molar-refractivity contribution is -0.669. The largest absolute Gasteiger partial charge is 0.490 e. The molecule has 2 N–H and O–H groups in total. The molecule has 1 aliphatic heterocycles. The van der Waals surface area contributed by atoms with Crippen LogP contribution < -0.4 is 23.8 Å². The second-order valence-electron chi connectivity index (χ2n) is 15.3. The van der Waals surface area contributed by atoms with Crippen LogP contribution in [0.4, 0.5) is 11.4 Å². The molecule has 1 aliphatic rings. The van der Waals surface area contributed by atoms with E-state index in [0.29, 0.717) is 19.2 Å². The highest BCUT2D eigenvalue weighted by atomic mass is 32.2. The van der Waals surface area contributed by atoms with Crippen molar-refractivity contribution in [3.05, 3.63) is 161 Å². The molecule has 0 aliphatic carbocycles. The Morgan fingerprint density at radius 1 is 0.738 bits per heavy atom. The number of aromatic nitrogens is 1. The molecule has 0 atom stereocenters. The molecule has 6 aromatic carbocycles. The Morgan fingerprint density at radius 3 is 2.12 bits per heavy atom. The molecule has 0 spiro atoms. The van der Waals surface area contributed by atoms with Crippen LogP contribution in [0.15, 0.2) is 171 Å². The van der Waals surface area contributed by atoms with E-state index in [-0.39, 0.29) is 18.9 Å². The highest BCUT2D eigenvalue weighted by Gasteiger charge is 2.28. The second-order valence-corrected chi connectivity index (χ2v) is 20.2. The number of hydrogen-bond donors (Lipinski definition) is 2. The molecule has 8 rings (SSSR count). The summed E-state index contributed by atoms with van der Waals surface area (Å²) in [5, 5.41) is 1.99. The first-order chi connectivity index (χ1) is 31.3. The molecular weight excluding hydrogens is 899 g/mol. The molecule has 0 radical (unpaired) electrons. The van der Waals surface area contributed by atoms with Gasteiger partial charge in [-0.3, -0.25) is 9.11 Å². The van der Waals surface area contributed by atoms with Crippen LogP contribution in [0.1, 0.15) is 25.3 Å². The Morgan fingerprint density at radius 2 is 1.45 bits per heavy atom. The normalized spacial score (nSPS) is 13.6. The summed E-state index contributed by atoms with van der Waals surface area (Å²) in [5.41, 5.74) is 8.55. The lowest BCUT2D eigenvalue weighted by Gasteiger charge is -2.22. The predicted octanol–water partition coefficient (Wildman–Crippen LogP) is 10.9. The first kappa shape index (κ1) is 45.6. The maximum atomic E-state index is 12.3. The summed E-state index contributed by atoms with van der Waals surface area (Å²) in [4.78, 5) is 3.87. The number of ether oxygens (including phenoxy) is 2. The second kappa shape index (κ2) is 19.7. The number of thiazole rings is 1. The van der Waals surface area contributed by atoms with Crippen LogP contribution >= 0.6 is 23.1 Å². The van der Waals surface area contributed by atoms with Gasteiger partial charge in [-0.15, -0.1) is 0 Å². The number of anilines is 2. The van der Waals surface area contributed by atoms with E-state index in [1.807, 2.05) is 48.5 Å². The van der Waals surface area contributed by atoms with Crippen molar-refractivity contribution in [3.8, 4) is 33.8 Å². The van der Waals surface area contributed by atoms with E-state index in [0.717, 1.165) is 95.2 Å². The summed E-state index contributed by atoms with van der Waals surface area (Å²) in [7, 11) is -7.60. The van der Waals surface area contributed by atoms with Crippen LogP contribution in [0.2, 0.25) is 0 Å². The van der Waals surface area contributed by atoms with Crippen molar-refractivity contribution in [2.75, 3.05) is 43.2 Å². The minimum atomic E-state index is -4.91. The summed E-state index contributed by atoms with van der Waals surface area (Å²) in [6.45, 7) is 6.41. The molecule has 11 nitrogen and oxygen atoms in total. The molecule has 65 heavy (non-hydrogen) atoms. The number of allylic oxidation sites excluding steroid dienone is 2. The van der Waals surface area contributed by atoms with Crippen LogP contribution in [0.5, 0.6) is 11.5 Å². The highest BCUT2D eigenvalue weighted by molar-refractivity contribution is 8.03. The molecule has 0 saturated heterocycles. The number of benzene rings is 6. The van der Waals surface area contributed by atoms with E-state index in [1.165, 1.54) is 0 Å². The number of nitrogens with zero attached hydrogens (tertiary/aromatic N) is 3. The summed E-state index contributed by atoms with van der Waals surface area (Å²) in [6, 6.07) is 44.3. The smallest absolute Gasteiger partial charge is 0.298 e. The van der Waals surface area contributed by atoms with Gasteiger partial charge in [0.2, 0.25) is 5.52 Å². The lowest BCUT2D eigenvalue weighted by atomic mass is 10.0. The Balaban J connectivity index is 1.15. The third-order valence-electron chi connectivity index (χ3n) is 11.1. The first-order valence-electron chi connectivity index (χ1n) is 21.0. The van der Waals surface area contributed by atoms with Gasteiger partial charge < -0.3 is 19.3 Å². The average molecular weight is 947 g/mol. The van der Waals surface area contributed by atoms with Crippen molar-refractivity contribution in [2.45, 2.75) is 41.5 Å². The van der Waals surface area contributed by atoms with Crippen molar-refractivity contribution in [3.63, 3.8) is 0 Å². The summed E-state index contributed by atoms with van der Waals surface area (Å²) in [6.07, 6.45) is 5.13. The molecule has 0 amide bonds. The summed E-state index contributed by atoms with van der Waals surface area (Å²) in [5.74, 6) is 0.560. The van der Waals surface area contributed by atoms with Crippen molar-refractivity contribution in [1.82, 2.24) is 0 Å². The van der Waals surface area contributed by atoms with E-state index in [2.05, 4.69) is 120 Å². The van der Waals surface area contributed by atoms with Crippen molar-refractivity contribution in [1.29, 1.82) is 0 Å². The first-order valence-corrected chi connectivity index (χ1v) is 25.5. The molecule has 0 saturated carbocycles. The Hall–Kier alpha value is -5.94. The molecule has 334 valence electrons. The minimum absolute atomic E-state index is 0.0382. The summed E-state index contributed by atoms with van der Waals surface area (Å²) >= 11 is 3.34. The third kappa shape index (κ3) is 10.6. The topological polar surface area (TPSA) is 138 Å². The SMILES string of the molecule is CCC(=Cc1sc2ccc(-c3ccccc3)cc2[n+]1CCOc1cccc(N(C)CC)c1)C=C1Sc2ccc(-c3ccccc3)cc2N1CCOc1ccc(S(=O)(=O)O)cc1S(=O)(=O)O. The van der Waals surface area contributed by atoms with Gasteiger partial charge in [0.25, 0.3) is 25.2 Å². The fourth-order valence-corrected chi connectivity index (χ4v) is 11.1. The minimum Gasteiger partial charge on any atom is -0.490 e. The van der Waals surface area contributed by atoms with Gasteiger partial charge in [0.05, 0.1) is 22.2 Å². The van der Waals surface area contributed by atoms with Crippen molar-refractivity contribution in [2.24, 2.45) is 0 Å². The Labute approximate surface area is 388 Å². The molecule has 15 heteroatoms. The quantitative estimate of drug-likeness (QED) is 0.0667. The standard InChI is InChI=1S/C50H47N3O8S4/c1-4-35(29-49-52(25-27-60-41-18-12-17-40(33-41)51(3)5-2)43-31-38(19-23-46(43)62-49)36-13-8-6-9-14-36)30-50-53(44-32-39(20-24-47(44)63-50)37-15-10-7-11-16-37)26-28-61-45-22-21-42(64(54,55)56)34-48(45)65(57,58)59/h6-24,29-34H,4-5,25-28H2,1-3H3,(H-,54,55,56,57,58,59)/p+1. The molecule has 0 bridgehead atoms. The Bertz CT molecular complexity index is 3140. The average Bonchev–Trinajstić information content (AvgIpc) is 3.83. The molecule has 7 aromatic rings. The van der Waals surface area contributed by atoms with Crippen LogP contribution in [-0.4, -0.2) is 59.3 Å². The fraction of sp³-hybridized carbons (Fsp3) is 0.180. The number of thioether (sulfide) groups is 1. The van der Waals surface area contributed by atoms with Crippen LogP contribution in [0.25, 0.3) is 38.5 Å². The van der Waals surface area contributed by atoms with Crippen LogP contribution in [0.3, 0.4) is 0 Å². The zero-order chi connectivity index (χ0) is 45.7. The molecule has 0 unspecified atom stereocenters. The Kier molecular flexibility index (Phi) is 13.8. The van der Waals surface area contributed by atoms with Gasteiger partial charge in [-0.1, -0.05) is 109 Å². The molecule has 1 aromatic heterocycles. The number of rotatable bonds is 17. The fourth-order valence-electron chi connectivity index (χ4n) is 7.53. The van der Waals surface area contributed by atoms with Crippen LogP contribution in [0, 0.1) is 0 Å². The van der Waals surface area contributed by atoms with Crippen molar-refractivity contribution >= 4 is 71.0 Å². The molecule has 2 heterocycles. The third-order valence-corrected chi connectivity index (χ3v) is 15.0. The zero-order valence-corrected chi connectivity index (χ0v) is 39.3. The van der Waals surface area contributed by atoms with Gasteiger partial charge in [-0.05, 0) is 95.8 Å². The predicted molar refractivity (Wildman–Crippen MR) is 261 cm³/mol. The maximum Gasteiger partial charge on any atom is 0.298 e. The summed E-state index contributed by atoms with van der Waals surface area (Å²) < 4.78 is 83.6. The number of hydrogen-bond acceptors (Lipinski definition) is 10. The van der Waals surface area contributed by atoms with Crippen LogP contribution in [-0.2, 0) is 26.8 Å². The highest BCUT2D eigenvalue weighted by Crippen LogP contribution is 2.48. The maximum absolute atomic E-state index is 12.3. The van der Waals surface area contributed by atoms with E-state index in [1.54, 1.807) is 23.1 Å². The van der Waals surface area contributed by atoms with Gasteiger partial charge in [0.15, 0.2) is 6.54 Å². The van der Waals surface area contributed by atoms with E-state index in [4.69, 9.17) is 9.47 Å². The monoisotopic (exact) mass is 946 g/mol. The van der Waals surface area contributed by atoms with Gasteiger partial charge in [0, 0.05) is 42.4 Å². The van der Waals surface area contributed by atoms with E-state index < -0.39 is 30.0 Å². The van der Waals surface area contributed by atoms with Gasteiger partial charge in [-0.2, -0.15) is 21.4 Å². The molecular formula is C50H48N3O8S4+. The van der Waals surface area contributed by atoms with Crippen molar-refractivity contribution < 1.29 is 40.0 Å². The van der Waals surface area contributed by atoms with E-state index in [9.17, 15) is 25.9 Å². The molecule has 0 fully saturated rings. The van der Waals surface area contributed by atoms with E-state index >= 15 is 0 Å². The zero-order valence-electron chi connectivity index (χ0n) is 36.0.